The maximum absolute atomic E-state index is 13.3. The molecule has 0 unspecified atom stereocenters. The Kier molecular flexibility index (Phi) is 7.47. The predicted octanol–water partition coefficient (Wildman–Crippen LogP) is 6.10. The molecule has 3 aromatic rings. The number of nitrogens with zero attached hydrogens (tertiary/aromatic N) is 2. The SMILES string of the molecule is C=C(C)CNC(=O)c1ccc(-c2cc(C(F)(F)F)cc(C(F)(F)F)c2)nc1NCc1cccnc1. The molecule has 184 valence electrons. The van der Waals surface area contributed by atoms with E-state index in [0.717, 1.165) is 0 Å². The molecular formula is C24H20F6N4O. The van der Waals surface area contributed by atoms with Crippen LogP contribution in [0.5, 0.6) is 0 Å². The molecule has 0 saturated carbocycles. The number of halogens is 6. The predicted molar refractivity (Wildman–Crippen MR) is 118 cm³/mol. The summed E-state index contributed by atoms with van der Waals surface area (Å²) in [5.41, 5.74) is -2.04. The van der Waals surface area contributed by atoms with Gasteiger partial charge in [-0.25, -0.2) is 4.98 Å². The minimum absolute atomic E-state index is 0.0171. The fourth-order valence-electron chi connectivity index (χ4n) is 3.06. The first-order valence-corrected chi connectivity index (χ1v) is 10.2. The Labute approximate surface area is 196 Å². The molecule has 0 radical (unpaired) electrons. The van der Waals surface area contributed by atoms with Crippen LogP contribution in [0.3, 0.4) is 0 Å². The second-order valence-corrected chi connectivity index (χ2v) is 7.74. The number of benzene rings is 1. The highest BCUT2D eigenvalue weighted by atomic mass is 19.4. The smallest absolute Gasteiger partial charge is 0.365 e. The van der Waals surface area contributed by atoms with E-state index < -0.39 is 35.0 Å². The van der Waals surface area contributed by atoms with Crippen molar-refractivity contribution in [2.75, 3.05) is 11.9 Å². The van der Waals surface area contributed by atoms with Crippen LogP contribution in [0.2, 0.25) is 0 Å². The maximum atomic E-state index is 13.3. The molecule has 0 spiro atoms. The van der Waals surface area contributed by atoms with Gasteiger partial charge in [-0.3, -0.25) is 9.78 Å². The van der Waals surface area contributed by atoms with Gasteiger partial charge in [-0.15, -0.1) is 0 Å². The summed E-state index contributed by atoms with van der Waals surface area (Å²) in [6.45, 7) is 5.72. The lowest BCUT2D eigenvalue weighted by atomic mass is 10.0. The zero-order valence-corrected chi connectivity index (χ0v) is 18.4. The monoisotopic (exact) mass is 494 g/mol. The van der Waals surface area contributed by atoms with Crippen LogP contribution in [-0.4, -0.2) is 22.4 Å². The molecule has 0 atom stereocenters. The molecule has 0 aliphatic heterocycles. The molecular weight excluding hydrogens is 474 g/mol. The van der Waals surface area contributed by atoms with Gasteiger partial charge in [0.1, 0.15) is 5.82 Å². The number of nitrogens with one attached hydrogen (secondary N) is 2. The van der Waals surface area contributed by atoms with E-state index >= 15 is 0 Å². The van der Waals surface area contributed by atoms with Gasteiger partial charge in [0.2, 0.25) is 0 Å². The second-order valence-electron chi connectivity index (χ2n) is 7.74. The van der Waals surface area contributed by atoms with Crippen molar-refractivity contribution in [2.24, 2.45) is 0 Å². The number of carbonyl (C=O) groups is 1. The highest BCUT2D eigenvalue weighted by molar-refractivity contribution is 5.99. The summed E-state index contributed by atoms with van der Waals surface area (Å²) in [4.78, 5) is 20.8. The van der Waals surface area contributed by atoms with Crippen LogP contribution >= 0.6 is 0 Å². The Bertz CT molecular complexity index is 1190. The van der Waals surface area contributed by atoms with Gasteiger partial charge in [-0.2, -0.15) is 26.3 Å². The number of hydrogen-bond donors (Lipinski definition) is 2. The maximum Gasteiger partial charge on any atom is 0.416 e. The average Bonchev–Trinajstić information content (AvgIpc) is 2.80. The van der Waals surface area contributed by atoms with Crippen molar-refractivity contribution in [3.05, 3.63) is 89.3 Å². The van der Waals surface area contributed by atoms with E-state index in [4.69, 9.17) is 0 Å². The highest BCUT2D eigenvalue weighted by Gasteiger charge is 2.37. The summed E-state index contributed by atoms with van der Waals surface area (Å²) in [6, 6.07) is 7.13. The molecule has 5 nitrogen and oxygen atoms in total. The van der Waals surface area contributed by atoms with Crippen LogP contribution in [0.1, 0.15) is 34.0 Å². The van der Waals surface area contributed by atoms with Gasteiger partial charge in [-0.1, -0.05) is 18.2 Å². The van der Waals surface area contributed by atoms with E-state index in [0.29, 0.717) is 23.3 Å². The zero-order valence-electron chi connectivity index (χ0n) is 18.4. The molecule has 2 N–H and O–H groups in total. The third kappa shape index (κ3) is 6.81. The number of amides is 1. The lowest BCUT2D eigenvalue weighted by Crippen LogP contribution is -2.26. The van der Waals surface area contributed by atoms with Crippen LogP contribution in [0.4, 0.5) is 32.2 Å². The Morgan fingerprint density at radius 1 is 1.00 bits per heavy atom. The largest absolute Gasteiger partial charge is 0.416 e. The normalized spacial score (nSPS) is 11.7. The molecule has 0 saturated heterocycles. The number of carbonyl (C=O) groups excluding carboxylic acids is 1. The van der Waals surface area contributed by atoms with Crippen molar-refractivity contribution in [3.8, 4) is 11.3 Å². The van der Waals surface area contributed by atoms with E-state index in [1.54, 1.807) is 31.5 Å². The summed E-state index contributed by atoms with van der Waals surface area (Å²) in [5.74, 6) is -0.558. The van der Waals surface area contributed by atoms with Crippen LogP contribution in [0, 0.1) is 0 Å². The van der Waals surface area contributed by atoms with E-state index in [-0.39, 0.29) is 36.2 Å². The Morgan fingerprint density at radius 2 is 1.66 bits per heavy atom. The second kappa shape index (κ2) is 10.2. The average molecular weight is 494 g/mol. The van der Waals surface area contributed by atoms with Crippen LogP contribution in [0.15, 0.2) is 67.0 Å². The summed E-state index contributed by atoms with van der Waals surface area (Å²) in [6.07, 6.45) is -6.88. The van der Waals surface area contributed by atoms with Gasteiger partial charge in [-0.05, 0) is 48.9 Å². The minimum atomic E-state index is -5.00. The van der Waals surface area contributed by atoms with Gasteiger partial charge in [0.25, 0.3) is 5.91 Å². The third-order valence-electron chi connectivity index (χ3n) is 4.76. The zero-order chi connectivity index (χ0) is 25.8. The van der Waals surface area contributed by atoms with Crippen molar-refractivity contribution >= 4 is 11.7 Å². The topological polar surface area (TPSA) is 66.9 Å². The first-order valence-electron chi connectivity index (χ1n) is 10.2. The number of pyridine rings is 2. The van der Waals surface area contributed by atoms with Crippen LogP contribution < -0.4 is 10.6 Å². The molecule has 0 fully saturated rings. The number of alkyl halides is 6. The molecule has 35 heavy (non-hydrogen) atoms. The molecule has 0 bridgehead atoms. The van der Waals surface area contributed by atoms with Gasteiger partial charge in [0.15, 0.2) is 0 Å². The molecule has 1 aromatic carbocycles. The van der Waals surface area contributed by atoms with Gasteiger partial charge >= 0.3 is 12.4 Å². The Hall–Kier alpha value is -3.89. The molecule has 3 rings (SSSR count). The van der Waals surface area contributed by atoms with Crippen molar-refractivity contribution in [3.63, 3.8) is 0 Å². The molecule has 2 heterocycles. The summed E-state index contributed by atoms with van der Waals surface area (Å²) < 4.78 is 79.8. The lowest BCUT2D eigenvalue weighted by molar-refractivity contribution is -0.143. The van der Waals surface area contributed by atoms with Crippen LogP contribution in [-0.2, 0) is 18.9 Å². The van der Waals surface area contributed by atoms with E-state index in [9.17, 15) is 31.1 Å². The molecule has 2 aromatic heterocycles. The number of anilines is 1. The Balaban J connectivity index is 2.07. The van der Waals surface area contributed by atoms with Crippen molar-refractivity contribution in [1.29, 1.82) is 0 Å². The minimum Gasteiger partial charge on any atom is -0.365 e. The van der Waals surface area contributed by atoms with E-state index in [1.807, 2.05) is 0 Å². The van der Waals surface area contributed by atoms with Gasteiger partial charge < -0.3 is 10.6 Å². The molecule has 0 aliphatic carbocycles. The first kappa shape index (κ1) is 25.7. The summed E-state index contributed by atoms with van der Waals surface area (Å²) in [5, 5.41) is 5.55. The lowest BCUT2D eigenvalue weighted by Gasteiger charge is -2.16. The number of hydrogen-bond acceptors (Lipinski definition) is 4. The van der Waals surface area contributed by atoms with Crippen molar-refractivity contribution in [1.82, 2.24) is 15.3 Å². The quantitative estimate of drug-likeness (QED) is 0.308. The number of rotatable bonds is 7. The van der Waals surface area contributed by atoms with Crippen LogP contribution in [0.25, 0.3) is 11.3 Å². The fourth-order valence-corrected chi connectivity index (χ4v) is 3.06. The molecule has 11 heteroatoms. The van der Waals surface area contributed by atoms with Crippen molar-refractivity contribution < 1.29 is 31.1 Å². The first-order chi connectivity index (χ1) is 16.3. The standard InChI is InChI=1S/C24H20F6N4O/c1-14(2)11-33-22(35)19-5-6-20(34-21(19)32-13-15-4-3-7-31-12-15)16-8-17(23(25,26)27)10-18(9-16)24(28,29)30/h3-10,12H,1,11,13H2,2H3,(H,32,34)(H,33,35). The van der Waals surface area contributed by atoms with E-state index in [1.165, 1.54) is 12.1 Å². The highest BCUT2D eigenvalue weighted by Crippen LogP contribution is 2.38. The van der Waals surface area contributed by atoms with E-state index in [2.05, 4.69) is 27.2 Å². The summed E-state index contributed by atoms with van der Waals surface area (Å²) in [7, 11) is 0. The van der Waals surface area contributed by atoms with Crippen molar-refractivity contribution in [2.45, 2.75) is 25.8 Å². The molecule has 0 aliphatic rings. The van der Waals surface area contributed by atoms with Gasteiger partial charge in [0.05, 0.1) is 22.4 Å². The third-order valence-corrected chi connectivity index (χ3v) is 4.76. The molecule has 1 amide bonds. The number of aromatic nitrogens is 2. The van der Waals surface area contributed by atoms with Gasteiger partial charge in [0, 0.05) is 31.0 Å². The fraction of sp³-hybridized carbons (Fsp3) is 0.208. The Morgan fingerprint density at radius 3 is 2.20 bits per heavy atom. The summed E-state index contributed by atoms with van der Waals surface area (Å²) >= 11 is 0.